The fourth-order valence-corrected chi connectivity index (χ4v) is 3.21. The summed E-state index contributed by atoms with van der Waals surface area (Å²) in [4.78, 5) is 11.7. The Labute approximate surface area is 189 Å². The number of carbonyl (C=O) groups excluding carboxylic acids is 1. The molecule has 0 saturated heterocycles. The number of rotatable bonds is 9. The first-order valence-electron chi connectivity index (χ1n) is 9.84. The quantitative estimate of drug-likeness (QED) is 0.284. The first-order chi connectivity index (χ1) is 15.4. The third kappa shape index (κ3) is 6.04. The van der Waals surface area contributed by atoms with Crippen molar-refractivity contribution >= 4 is 35.1 Å². The van der Waals surface area contributed by atoms with Gasteiger partial charge < -0.3 is 20.8 Å². The van der Waals surface area contributed by atoms with E-state index in [-0.39, 0.29) is 5.82 Å². The van der Waals surface area contributed by atoms with E-state index in [9.17, 15) is 13.6 Å². The summed E-state index contributed by atoms with van der Waals surface area (Å²) in [6, 6.07) is 19.6. The fourth-order valence-electron chi connectivity index (χ4n) is 3.15. The molecule has 0 aliphatic rings. The van der Waals surface area contributed by atoms with E-state index in [1.807, 2.05) is 30.3 Å². The highest BCUT2D eigenvalue weighted by atomic mass is 35.5. The molecule has 0 bridgehead atoms. The molecule has 3 atom stereocenters. The van der Waals surface area contributed by atoms with Gasteiger partial charge in [-0.05, 0) is 55.0 Å². The van der Waals surface area contributed by atoms with Gasteiger partial charge in [0.05, 0.1) is 6.04 Å². The Morgan fingerprint density at radius 1 is 1.09 bits per heavy atom. The molecule has 32 heavy (non-hydrogen) atoms. The summed E-state index contributed by atoms with van der Waals surface area (Å²) in [5.74, 6) is -0.832. The molecule has 8 heteroatoms. The highest BCUT2D eigenvalue weighted by molar-refractivity contribution is 6.29. The zero-order valence-electron chi connectivity index (χ0n) is 17.2. The average Bonchev–Trinajstić information content (AvgIpc) is 2.80. The molecular weight excluding hydrogens is 436 g/mol. The van der Waals surface area contributed by atoms with E-state index in [2.05, 4.69) is 10.6 Å². The first kappa shape index (κ1) is 23.2. The van der Waals surface area contributed by atoms with E-state index in [0.717, 1.165) is 5.56 Å². The van der Waals surface area contributed by atoms with Gasteiger partial charge >= 0.3 is 0 Å². The van der Waals surface area contributed by atoms with Crippen LogP contribution in [0, 0.1) is 11.2 Å². The maximum Gasteiger partial charge on any atom is 0.270 e. The topological polar surface area (TPSA) is 74.2 Å². The van der Waals surface area contributed by atoms with Crippen LogP contribution in [0.5, 0.6) is 5.75 Å². The van der Waals surface area contributed by atoms with Gasteiger partial charge in [-0.15, -0.1) is 0 Å². The Morgan fingerprint density at radius 3 is 2.41 bits per heavy atom. The molecule has 0 heterocycles. The SMILES string of the molecule is C[C@H](NC(=O)C(F)Cl)[C@H](Oc1ccc(Nc2ccc(F)cc2)c(C=N)c1)c1ccccc1. The number of benzene rings is 3. The van der Waals surface area contributed by atoms with Crippen molar-refractivity contribution in [3.8, 4) is 5.75 Å². The summed E-state index contributed by atoms with van der Waals surface area (Å²) >= 11 is 5.24. The summed E-state index contributed by atoms with van der Waals surface area (Å²) < 4.78 is 32.4. The van der Waals surface area contributed by atoms with Gasteiger partial charge in [-0.2, -0.15) is 0 Å². The van der Waals surface area contributed by atoms with Crippen molar-refractivity contribution in [2.24, 2.45) is 0 Å². The molecule has 5 nitrogen and oxygen atoms in total. The molecule has 3 rings (SSSR count). The highest BCUT2D eigenvalue weighted by Gasteiger charge is 2.25. The van der Waals surface area contributed by atoms with Crippen molar-refractivity contribution in [1.29, 1.82) is 5.41 Å². The second-order valence-electron chi connectivity index (χ2n) is 7.07. The molecule has 0 radical (unpaired) electrons. The normalized spacial score (nSPS) is 13.5. The second-order valence-corrected chi connectivity index (χ2v) is 7.46. The van der Waals surface area contributed by atoms with E-state index >= 15 is 0 Å². The number of anilines is 2. The third-order valence-corrected chi connectivity index (χ3v) is 4.91. The van der Waals surface area contributed by atoms with Gasteiger partial charge in [0.1, 0.15) is 17.7 Å². The van der Waals surface area contributed by atoms with Crippen molar-refractivity contribution in [1.82, 2.24) is 5.32 Å². The molecule has 3 aromatic rings. The van der Waals surface area contributed by atoms with Crippen molar-refractivity contribution in [3.05, 3.63) is 89.7 Å². The lowest BCUT2D eigenvalue weighted by atomic mass is 10.0. The van der Waals surface area contributed by atoms with E-state index in [0.29, 0.717) is 22.7 Å². The number of hydrogen-bond acceptors (Lipinski definition) is 4. The van der Waals surface area contributed by atoms with Gasteiger partial charge in [0.15, 0.2) is 0 Å². The average molecular weight is 458 g/mol. The van der Waals surface area contributed by atoms with Crippen molar-refractivity contribution in [2.75, 3.05) is 5.32 Å². The number of alkyl halides is 2. The van der Waals surface area contributed by atoms with Gasteiger partial charge in [0, 0.05) is 23.2 Å². The lowest BCUT2D eigenvalue weighted by Gasteiger charge is -2.27. The van der Waals surface area contributed by atoms with Crippen LogP contribution in [0.2, 0.25) is 0 Å². The molecule has 0 spiro atoms. The van der Waals surface area contributed by atoms with Crippen LogP contribution in [0.4, 0.5) is 20.2 Å². The molecular formula is C24H22ClF2N3O2. The lowest BCUT2D eigenvalue weighted by Crippen LogP contribution is -2.41. The minimum Gasteiger partial charge on any atom is -0.484 e. The van der Waals surface area contributed by atoms with Crippen molar-refractivity contribution < 1.29 is 18.3 Å². The summed E-state index contributed by atoms with van der Waals surface area (Å²) in [7, 11) is 0. The molecule has 3 aromatic carbocycles. The zero-order chi connectivity index (χ0) is 23.1. The van der Waals surface area contributed by atoms with E-state index < -0.39 is 23.7 Å². The van der Waals surface area contributed by atoms with Crippen LogP contribution in [0.25, 0.3) is 0 Å². The van der Waals surface area contributed by atoms with Crippen LogP contribution in [0.1, 0.15) is 24.2 Å². The smallest absolute Gasteiger partial charge is 0.270 e. The fraction of sp³-hybridized carbons (Fsp3) is 0.167. The molecule has 166 valence electrons. The van der Waals surface area contributed by atoms with Gasteiger partial charge in [0.25, 0.3) is 11.5 Å². The Kier molecular flexibility index (Phi) is 7.78. The first-order valence-corrected chi connectivity index (χ1v) is 10.3. The molecule has 0 fully saturated rings. The standard InChI is InChI=1S/C24H22ClF2N3O2/c1-15(29-24(31)23(25)27)22(16-5-3-2-4-6-16)32-20-11-12-21(17(13-20)14-28)30-19-9-7-18(26)8-10-19/h2-15,22-23,28,30H,1H3,(H,29,31)/t15-,22-,23?/m0/s1. The molecule has 0 saturated carbocycles. The Morgan fingerprint density at radius 2 is 1.78 bits per heavy atom. The van der Waals surface area contributed by atoms with Gasteiger partial charge in [-0.3, -0.25) is 4.79 Å². The van der Waals surface area contributed by atoms with Crippen molar-refractivity contribution in [3.63, 3.8) is 0 Å². The molecule has 1 amide bonds. The minimum atomic E-state index is -2.16. The Hall–Kier alpha value is -3.45. The van der Waals surface area contributed by atoms with Crippen LogP contribution >= 0.6 is 11.6 Å². The van der Waals surface area contributed by atoms with Crippen LogP contribution in [-0.4, -0.2) is 23.8 Å². The second kappa shape index (κ2) is 10.7. The third-order valence-electron chi connectivity index (χ3n) is 4.72. The highest BCUT2D eigenvalue weighted by Crippen LogP contribution is 2.29. The predicted octanol–water partition coefficient (Wildman–Crippen LogP) is 5.73. The number of ether oxygens (including phenoxy) is 1. The number of hydrogen-bond donors (Lipinski definition) is 3. The molecule has 0 aliphatic heterocycles. The summed E-state index contributed by atoms with van der Waals surface area (Å²) in [6.45, 7) is 1.69. The van der Waals surface area contributed by atoms with Gasteiger partial charge in [-0.25, -0.2) is 8.78 Å². The largest absolute Gasteiger partial charge is 0.484 e. The van der Waals surface area contributed by atoms with E-state index in [4.69, 9.17) is 21.7 Å². The maximum absolute atomic E-state index is 13.2. The lowest BCUT2D eigenvalue weighted by molar-refractivity contribution is -0.124. The minimum absolute atomic E-state index is 0.340. The summed E-state index contributed by atoms with van der Waals surface area (Å²) in [5, 5.41) is 13.4. The van der Waals surface area contributed by atoms with E-state index in [1.165, 1.54) is 18.3 Å². The van der Waals surface area contributed by atoms with Crippen LogP contribution in [0.15, 0.2) is 72.8 Å². The molecule has 1 unspecified atom stereocenters. The number of amides is 1. The monoisotopic (exact) mass is 457 g/mol. The zero-order valence-corrected chi connectivity index (χ0v) is 17.9. The number of halogens is 3. The maximum atomic E-state index is 13.2. The molecule has 0 aliphatic carbocycles. The van der Waals surface area contributed by atoms with Gasteiger partial charge in [-0.1, -0.05) is 41.9 Å². The molecule has 0 aromatic heterocycles. The van der Waals surface area contributed by atoms with Crippen LogP contribution in [0.3, 0.4) is 0 Å². The summed E-state index contributed by atoms with van der Waals surface area (Å²) in [6.07, 6.45) is 0.535. The number of carbonyl (C=O) groups is 1. The van der Waals surface area contributed by atoms with Crippen molar-refractivity contribution in [2.45, 2.75) is 24.7 Å². The molecule has 3 N–H and O–H groups in total. The van der Waals surface area contributed by atoms with Gasteiger partial charge in [0.2, 0.25) is 0 Å². The van der Waals surface area contributed by atoms with Crippen LogP contribution in [-0.2, 0) is 4.79 Å². The Bertz CT molecular complexity index is 1060. The Balaban J connectivity index is 1.84. The van der Waals surface area contributed by atoms with Crippen LogP contribution < -0.4 is 15.4 Å². The predicted molar refractivity (Wildman–Crippen MR) is 122 cm³/mol. The summed E-state index contributed by atoms with van der Waals surface area (Å²) in [5.41, 5.74) is 0.466. The van der Waals surface area contributed by atoms with E-state index in [1.54, 1.807) is 37.3 Å². The number of nitrogens with one attached hydrogen (secondary N) is 3.